The summed E-state index contributed by atoms with van der Waals surface area (Å²) in [6, 6.07) is 13.8. The Hall–Kier alpha value is -1.41. The predicted molar refractivity (Wildman–Crippen MR) is 145 cm³/mol. The second-order valence-electron chi connectivity index (χ2n) is 10.0. The standard InChI is InChI=1S/C29H47NS/c1-9-12-26(13-10-2)16-18-28-19-17-27(20-23(28)4)21-24(5)31(7,8)30-29-15-11-14-22(3)25(29)6/h11,14-15,17,19-20,24,26,30H,9-10,12-13,16,18,21H2,1-8H3. The maximum Gasteiger partial charge on any atom is 0.0458 e. The molecule has 0 amide bonds. The zero-order valence-electron chi connectivity index (χ0n) is 21.5. The lowest BCUT2D eigenvalue weighted by molar-refractivity contribution is 0.411. The molecule has 1 atom stereocenters. The van der Waals surface area contributed by atoms with E-state index in [4.69, 9.17) is 0 Å². The number of aryl methyl sites for hydroxylation is 3. The van der Waals surface area contributed by atoms with Crippen LogP contribution in [-0.2, 0) is 12.8 Å². The van der Waals surface area contributed by atoms with E-state index in [1.807, 2.05) is 0 Å². The topological polar surface area (TPSA) is 12.0 Å². The average Bonchev–Trinajstić information content (AvgIpc) is 2.71. The van der Waals surface area contributed by atoms with Gasteiger partial charge in [0.05, 0.1) is 0 Å². The lowest BCUT2D eigenvalue weighted by atomic mass is 9.90. The minimum absolute atomic E-state index is 0.608. The van der Waals surface area contributed by atoms with E-state index in [-0.39, 0.29) is 0 Å². The number of rotatable bonds is 12. The summed E-state index contributed by atoms with van der Waals surface area (Å²) in [5, 5.41) is 0.608. The molecular formula is C29H47NS. The Morgan fingerprint density at radius 1 is 0.871 bits per heavy atom. The maximum absolute atomic E-state index is 3.91. The molecule has 0 spiro atoms. The second kappa shape index (κ2) is 12.0. The molecule has 0 fully saturated rings. The van der Waals surface area contributed by atoms with Crippen LogP contribution < -0.4 is 4.72 Å². The third-order valence-electron chi connectivity index (χ3n) is 7.13. The second-order valence-corrected chi connectivity index (χ2v) is 13.8. The van der Waals surface area contributed by atoms with Gasteiger partial charge in [0, 0.05) is 10.9 Å². The van der Waals surface area contributed by atoms with Gasteiger partial charge in [0.25, 0.3) is 0 Å². The third kappa shape index (κ3) is 7.59. The van der Waals surface area contributed by atoms with E-state index in [0.717, 1.165) is 12.3 Å². The summed E-state index contributed by atoms with van der Waals surface area (Å²) in [5.41, 5.74) is 8.54. The molecule has 0 aliphatic heterocycles. The first kappa shape index (κ1) is 25.8. The minimum atomic E-state index is -0.958. The van der Waals surface area contributed by atoms with Crippen LogP contribution in [0.1, 0.15) is 80.7 Å². The Morgan fingerprint density at radius 2 is 1.55 bits per heavy atom. The van der Waals surface area contributed by atoms with E-state index < -0.39 is 10.2 Å². The zero-order chi connectivity index (χ0) is 23.0. The number of hydrogen-bond donors (Lipinski definition) is 1. The van der Waals surface area contributed by atoms with Crippen LogP contribution in [0.5, 0.6) is 0 Å². The van der Waals surface area contributed by atoms with Crippen molar-refractivity contribution in [1.29, 1.82) is 0 Å². The molecule has 1 N–H and O–H groups in total. The largest absolute Gasteiger partial charge is 0.347 e. The van der Waals surface area contributed by atoms with Crippen molar-refractivity contribution in [2.75, 3.05) is 17.2 Å². The van der Waals surface area contributed by atoms with Gasteiger partial charge in [-0.1, -0.05) is 76.8 Å². The van der Waals surface area contributed by atoms with Gasteiger partial charge in [0.2, 0.25) is 0 Å². The van der Waals surface area contributed by atoms with Crippen molar-refractivity contribution < 1.29 is 0 Å². The van der Waals surface area contributed by atoms with Crippen molar-refractivity contribution in [3.05, 3.63) is 64.2 Å². The van der Waals surface area contributed by atoms with E-state index in [9.17, 15) is 0 Å². The fourth-order valence-corrected chi connectivity index (χ4v) is 6.16. The molecule has 2 rings (SSSR count). The van der Waals surface area contributed by atoms with Gasteiger partial charge < -0.3 is 4.72 Å². The number of hydrogen-bond acceptors (Lipinski definition) is 1. The lowest BCUT2D eigenvalue weighted by Gasteiger charge is -2.40. The molecule has 0 aromatic heterocycles. The molecule has 0 heterocycles. The van der Waals surface area contributed by atoms with E-state index in [2.05, 4.69) is 95.2 Å². The molecule has 174 valence electrons. The third-order valence-corrected chi connectivity index (χ3v) is 10.1. The smallest absolute Gasteiger partial charge is 0.0458 e. The van der Waals surface area contributed by atoms with Crippen molar-refractivity contribution in [3.63, 3.8) is 0 Å². The molecule has 2 aromatic carbocycles. The van der Waals surface area contributed by atoms with Crippen LogP contribution in [0.4, 0.5) is 5.69 Å². The highest BCUT2D eigenvalue weighted by molar-refractivity contribution is 8.34. The van der Waals surface area contributed by atoms with Gasteiger partial charge in [-0.15, -0.1) is 0 Å². The molecule has 1 unspecified atom stereocenters. The molecule has 0 aliphatic carbocycles. The van der Waals surface area contributed by atoms with Crippen molar-refractivity contribution in [1.82, 2.24) is 0 Å². The fourth-order valence-electron chi connectivity index (χ4n) is 4.56. The van der Waals surface area contributed by atoms with Crippen LogP contribution in [-0.4, -0.2) is 17.8 Å². The molecule has 0 radical (unpaired) electrons. The summed E-state index contributed by atoms with van der Waals surface area (Å²) in [5.74, 6) is 0.898. The van der Waals surface area contributed by atoms with E-state index in [1.165, 1.54) is 66.5 Å². The SMILES string of the molecule is CCCC(CCC)CCc1ccc(CC(C)S(C)(C)Nc2cccc(C)c2C)cc1C. The van der Waals surface area contributed by atoms with E-state index >= 15 is 0 Å². The summed E-state index contributed by atoms with van der Waals surface area (Å²) >= 11 is 0. The van der Waals surface area contributed by atoms with Gasteiger partial charge in [-0.25, -0.2) is 0 Å². The summed E-state index contributed by atoms with van der Waals surface area (Å²) in [4.78, 5) is 0. The Labute approximate surface area is 194 Å². The quantitative estimate of drug-likeness (QED) is 0.347. The van der Waals surface area contributed by atoms with Crippen molar-refractivity contribution >= 4 is 15.9 Å². The average molecular weight is 442 g/mol. The predicted octanol–water partition coefficient (Wildman–Crippen LogP) is 8.78. The van der Waals surface area contributed by atoms with Crippen LogP contribution in [0.25, 0.3) is 0 Å². The molecule has 0 aliphatic rings. The first-order valence-corrected chi connectivity index (χ1v) is 14.8. The van der Waals surface area contributed by atoms with Gasteiger partial charge in [-0.05, 0) is 92.3 Å². The van der Waals surface area contributed by atoms with Gasteiger partial charge in [0.1, 0.15) is 0 Å². The Balaban J connectivity index is 2.01. The molecule has 1 nitrogen and oxygen atoms in total. The van der Waals surface area contributed by atoms with Crippen molar-refractivity contribution in [2.45, 2.75) is 91.7 Å². The van der Waals surface area contributed by atoms with Gasteiger partial charge in [-0.3, -0.25) is 0 Å². The van der Waals surface area contributed by atoms with Gasteiger partial charge in [0.15, 0.2) is 0 Å². The van der Waals surface area contributed by atoms with Crippen LogP contribution in [0.2, 0.25) is 0 Å². The minimum Gasteiger partial charge on any atom is -0.347 e. The van der Waals surface area contributed by atoms with Gasteiger partial charge >= 0.3 is 0 Å². The van der Waals surface area contributed by atoms with E-state index in [0.29, 0.717) is 5.25 Å². The first-order valence-electron chi connectivity index (χ1n) is 12.3. The zero-order valence-corrected chi connectivity index (χ0v) is 22.3. The molecule has 2 heteroatoms. The van der Waals surface area contributed by atoms with Crippen LogP contribution >= 0.6 is 10.2 Å². The van der Waals surface area contributed by atoms with Crippen molar-refractivity contribution in [2.24, 2.45) is 5.92 Å². The summed E-state index contributed by atoms with van der Waals surface area (Å²) < 4.78 is 3.91. The number of benzene rings is 2. The summed E-state index contributed by atoms with van der Waals surface area (Å²) in [6.07, 6.45) is 13.9. The fraction of sp³-hybridized carbons (Fsp3) is 0.586. The summed E-state index contributed by atoms with van der Waals surface area (Å²) in [7, 11) is -0.958. The Morgan fingerprint density at radius 3 is 2.16 bits per heavy atom. The molecule has 0 saturated heterocycles. The highest BCUT2D eigenvalue weighted by Crippen LogP contribution is 2.47. The highest BCUT2D eigenvalue weighted by atomic mass is 32.3. The van der Waals surface area contributed by atoms with Crippen LogP contribution in [0, 0.1) is 26.7 Å². The number of nitrogens with one attached hydrogen (secondary N) is 1. The first-order chi connectivity index (χ1) is 14.7. The number of anilines is 1. The monoisotopic (exact) mass is 441 g/mol. The van der Waals surface area contributed by atoms with Crippen LogP contribution in [0.15, 0.2) is 36.4 Å². The molecule has 2 aromatic rings. The van der Waals surface area contributed by atoms with Crippen LogP contribution in [0.3, 0.4) is 0 Å². The Kier molecular flexibility index (Phi) is 10.0. The molecule has 0 bridgehead atoms. The molecular weight excluding hydrogens is 394 g/mol. The van der Waals surface area contributed by atoms with Gasteiger partial charge in [-0.2, -0.15) is 10.2 Å². The molecule has 0 saturated carbocycles. The maximum atomic E-state index is 3.91. The highest BCUT2D eigenvalue weighted by Gasteiger charge is 2.22. The normalized spacial score (nSPS) is 13.5. The van der Waals surface area contributed by atoms with E-state index in [1.54, 1.807) is 5.56 Å². The Bertz CT molecular complexity index is 817. The lowest BCUT2D eigenvalue weighted by Crippen LogP contribution is -2.22. The molecule has 31 heavy (non-hydrogen) atoms. The van der Waals surface area contributed by atoms with Crippen molar-refractivity contribution in [3.8, 4) is 0 Å². The summed E-state index contributed by atoms with van der Waals surface area (Å²) in [6.45, 7) is 13.8.